The molecule has 0 saturated heterocycles. The van der Waals surface area contributed by atoms with Crippen molar-refractivity contribution < 1.29 is 4.79 Å². The lowest BCUT2D eigenvalue weighted by Crippen LogP contribution is -2.34. The molecule has 0 spiro atoms. The maximum atomic E-state index is 13.0. The number of amides is 1. The van der Waals surface area contributed by atoms with Gasteiger partial charge in [-0.25, -0.2) is 4.98 Å². The number of fused-ring (bicyclic) bond motifs is 3. The van der Waals surface area contributed by atoms with Crippen LogP contribution in [0, 0.1) is 0 Å². The van der Waals surface area contributed by atoms with Crippen molar-refractivity contribution >= 4 is 39.1 Å². The highest BCUT2D eigenvalue weighted by Crippen LogP contribution is 2.32. The Hall–Kier alpha value is -2.18. The van der Waals surface area contributed by atoms with E-state index in [1.165, 1.54) is 22.2 Å². The average molecular weight is 416 g/mol. The fraction of sp³-hybridized carbons (Fsp3) is 0.381. The van der Waals surface area contributed by atoms with Gasteiger partial charge in [-0.15, -0.1) is 11.3 Å². The molecule has 146 valence electrons. The summed E-state index contributed by atoms with van der Waals surface area (Å²) in [5.74, 6) is -0.239. The van der Waals surface area contributed by atoms with Gasteiger partial charge in [0.1, 0.15) is 11.4 Å². The van der Waals surface area contributed by atoms with E-state index in [0.29, 0.717) is 10.4 Å². The summed E-state index contributed by atoms with van der Waals surface area (Å²) in [7, 11) is 0. The smallest absolute Gasteiger partial charge is 0.262 e. The number of hydrogen-bond acceptors (Lipinski definition) is 4. The topological polar surface area (TPSA) is 64.0 Å². The van der Waals surface area contributed by atoms with E-state index in [0.717, 1.165) is 41.6 Å². The maximum absolute atomic E-state index is 13.0. The minimum Gasteiger partial charge on any atom is -0.348 e. The third kappa shape index (κ3) is 3.71. The Kier molecular flexibility index (Phi) is 5.51. The number of halogens is 1. The number of aromatic nitrogens is 2. The second-order valence-electron chi connectivity index (χ2n) is 7.23. The van der Waals surface area contributed by atoms with Gasteiger partial charge in [-0.3, -0.25) is 14.2 Å². The molecule has 1 amide bonds. The van der Waals surface area contributed by atoms with E-state index in [1.807, 2.05) is 25.1 Å². The average Bonchev–Trinajstić information content (AvgIpc) is 2.86. The molecule has 1 unspecified atom stereocenters. The van der Waals surface area contributed by atoms with Crippen LogP contribution >= 0.6 is 22.9 Å². The number of carbonyl (C=O) groups excluding carboxylic acids is 1. The highest BCUT2D eigenvalue weighted by atomic mass is 35.5. The number of hydrogen-bond donors (Lipinski definition) is 1. The summed E-state index contributed by atoms with van der Waals surface area (Å²) in [4.78, 5) is 32.1. The summed E-state index contributed by atoms with van der Waals surface area (Å²) in [6, 6.07) is 7.17. The van der Waals surface area contributed by atoms with Crippen LogP contribution in [0.2, 0.25) is 5.02 Å². The van der Waals surface area contributed by atoms with E-state index in [1.54, 1.807) is 17.4 Å². The summed E-state index contributed by atoms with van der Waals surface area (Å²) >= 11 is 7.83. The zero-order chi connectivity index (χ0) is 19.7. The zero-order valence-corrected chi connectivity index (χ0v) is 17.3. The number of aryl methyl sites for hydroxylation is 2. The van der Waals surface area contributed by atoms with Crippen molar-refractivity contribution in [3.8, 4) is 0 Å². The molecule has 0 fully saturated rings. The third-order valence-electron chi connectivity index (χ3n) is 5.25. The molecule has 1 atom stereocenters. The van der Waals surface area contributed by atoms with Crippen LogP contribution in [0.3, 0.4) is 0 Å². The Balaban J connectivity index is 1.57. The molecule has 5 nitrogen and oxygen atoms in total. The Morgan fingerprint density at radius 3 is 2.89 bits per heavy atom. The maximum Gasteiger partial charge on any atom is 0.262 e. The van der Waals surface area contributed by atoms with Crippen LogP contribution in [-0.4, -0.2) is 15.5 Å². The lowest BCUT2D eigenvalue weighted by molar-refractivity contribution is -0.122. The van der Waals surface area contributed by atoms with Gasteiger partial charge in [0.2, 0.25) is 5.91 Å². The van der Waals surface area contributed by atoms with Gasteiger partial charge in [0, 0.05) is 9.90 Å². The van der Waals surface area contributed by atoms with Crippen LogP contribution < -0.4 is 10.9 Å². The van der Waals surface area contributed by atoms with Crippen molar-refractivity contribution in [1.29, 1.82) is 0 Å². The summed E-state index contributed by atoms with van der Waals surface area (Å²) in [5, 5.41) is 4.23. The minimum absolute atomic E-state index is 0.0544. The molecule has 1 aromatic carbocycles. The minimum atomic E-state index is -0.244. The van der Waals surface area contributed by atoms with Crippen LogP contribution in [0.5, 0.6) is 0 Å². The van der Waals surface area contributed by atoms with Crippen molar-refractivity contribution in [2.24, 2.45) is 0 Å². The Bertz CT molecular complexity index is 1090. The van der Waals surface area contributed by atoms with Crippen LogP contribution in [0.25, 0.3) is 10.2 Å². The van der Waals surface area contributed by atoms with E-state index in [-0.39, 0.29) is 24.1 Å². The first-order chi connectivity index (χ1) is 13.5. The number of rotatable bonds is 4. The van der Waals surface area contributed by atoms with Gasteiger partial charge in [0.15, 0.2) is 0 Å². The Labute approximate surface area is 172 Å². The normalized spacial score (nSPS) is 15.1. The number of thiophene rings is 1. The van der Waals surface area contributed by atoms with Crippen LogP contribution in [0.15, 0.2) is 35.4 Å². The summed E-state index contributed by atoms with van der Waals surface area (Å²) < 4.78 is 1.41. The lowest BCUT2D eigenvalue weighted by Gasteiger charge is -2.16. The fourth-order valence-electron chi connectivity index (χ4n) is 3.82. The first kappa shape index (κ1) is 19.2. The van der Waals surface area contributed by atoms with Gasteiger partial charge in [-0.05, 0) is 49.8 Å². The van der Waals surface area contributed by atoms with Gasteiger partial charge < -0.3 is 5.32 Å². The Morgan fingerprint density at radius 2 is 2.07 bits per heavy atom. The summed E-state index contributed by atoms with van der Waals surface area (Å²) in [6.45, 7) is 1.82. The van der Waals surface area contributed by atoms with Gasteiger partial charge in [0.05, 0.1) is 17.8 Å². The molecule has 2 heterocycles. The van der Waals surface area contributed by atoms with Crippen molar-refractivity contribution in [3.05, 3.63) is 62.0 Å². The van der Waals surface area contributed by atoms with Crippen molar-refractivity contribution in [1.82, 2.24) is 14.9 Å². The molecule has 1 N–H and O–H groups in total. The van der Waals surface area contributed by atoms with E-state index >= 15 is 0 Å². The predicted octanol–water partition coefficient (Wildman–Crippen LogP) is 4.26. The molecular formula is C21H22ClN3O2S. The SMILES string of the molecule is CC(NC(=O)Cn1cnc2sc3c(c2c1=O)CCCCC3)c1ccccc1Cl. The predicted molar refractivity (Wildman–Crippen MR) is 113 cm³/mol. The largest absolute Gasteiger partial charge is 0.348 e. The van der Waals surface area contributed by atoms with Gasteiger partial charge in [0.25, 0.3) is 5.56 Å². The first-order valence-electron chi connectivity index (χ1n) is 9.58. The van der Waals surface area contributed by atoms with Crippen LogP contribution in [-0.2, 0) is 24.2 Å². The second-order valence-corrected chi connectivity index (χ2v) is 8.72. The molecule has 7 heteroatoms. The van der Waals surface area contributed by atoms with Gasteiger partial charge >= 0.3 is 0 Å². The molecule has 1 aliphatic carbocycles. The second kappa shape index (κ2) is 8.05. The van der Waals surface area contributed by atoms with Crippen LogP contribution in [0.4, 0.5) is 0 Å². The van der Waals surface area contributed by atoms with E-state index in [4.69, 9.17) is 11.6 Å². The summed E-state index contributed by atoms with van der Waals surface area (Å²) in [6.07, 6.45) is 6.89. The molecule has 0 radical (unpaired) electrons. The zero-order valence-electron chi connectivity index (χ0n) is 15.7. The number of carbonyl (C=O) groups is 1. The highest BCUT2D eigenvalue weighted by Gasteiger charge is 2.20. The molecule has 28 heavy (non-hydrogen) atoms. The molecule has 0 saturated carbocycles. The van der Waals surface area contributed by atoms with Crippen molar-refractivity contribution in [2.45, 2.75) is 51.6 Å². The molecule has 2 aromatic heterocycles. The highest BCUT2D eigenvalue weighted by molar-refractivity contribution is 7.18. The lowest BCUT2D eigenvalue weighted by atomic mass is 10.1. The first-order valence-corrected chi connectivity index (χ1v) is 10.8. The fourth-order valence-corrected chi connectivity index (χ4v) is 5.34. The van der Waals surface area contributed by atoms with Crippen molar-refractivity contribution in [3.63, 3.8) is 0 Å². The van der Waals surface area contributed by atoms with Crippen LogP contribution in [0.1, 0.15) is 48.2 Å². The van der Waals surface area contributed by atoms with Gasteiger partial charge in [-0.1, -0.05) is 36.2 Å². The number of benzene rings is 1. The van der Waals surface area contributed by atoms with E-state index in [9.17, 15) is 9.59 Å². The monoisotopic (exact) mass is 415 g/mol. The van der Waals surface area contributed by atoms with Crippen molar-refractivity contribution in [2.75, 3.05) is 0 Å². The molecule has 0 bridgehead atoms. The third-order valence-corrected chi connectivity index (χ3v) is 6.80. The number of nitrogens with zero attached hydrogens (tertiary/aromatic N) is 2. The quantitative estimate of drug-likeness (QED) is 0.647. The standard InChI is InChI=1S/C21H22ClN3O2S/c1-13(14-7-5-6-9-16(14)22)24-18(26)11-25-12-23-20-19(21(25)27)15-8-3-2-4-10-17(15)28-20/h5-7,9,12-13H,2-4,8,10-11H2,1H3,(H,24,26). The van der Waals surface area contributed by atoms with Gasteiger partial charge in [-0.2, -0.15) is 0 Å². The molecule has 1 aliphatic rings. The molecular weight excluding hydrogens is 394 g/mol. The molecule has 0 aliphatic heterocycles. The molecule has 4 rings (SSSR count). The Morgan fingerprint density at radius 1 is 1.29 bits per heavy atom. The summed E-state index contributed by atoms with van der Waals surface area (Å²) in [5.41, 5.74) is 1.88. The number of nitrogens with one attached hydrogen (secondary N) is 1. The van der Waals surface area contributed by atoms with E-state index in [2.05, 4.69) is 10.3 Å². The molecule has 3 aromatic rings. The van der Waals surface area contributed by atoms with E-state index < -0.39 is 0 Å².